The summed E-state index contributed by atoms with van der Waals surface area (Å²) in [5.41, 5.74) is -0.374. The molecule has 0 aliphatic heterocycles. The van der Waals surface area contributed by atoms with Crippen LogP contribution in [0, 0.1) is 0 Å². The van der Waals surface area contributed by atoms with Crippen molar-refractivity contribution in [3.63, 3.8) is 0 Å². The molecule has 3 nitrogen and oxygen atoms in total. The molecule has 0 aromatic heterocycles. The van der Waals surface area contributed by atoms with Crippen molar-refractivity contribution in [3.05, 3.63) is 0 Å². The summed E-state index contributed by atoms with van der Waals surface area (Å²) in [6.07, 6.45) is 10.7. The normalized spacial score (nSPS) is 16.2. The molecule has 0 saturated carbocycles. The van der Waals surface area contributed by atoms with E-state index in [2.05, 4.69) is 6.92 Å². The molecule has 0 aliphatic rings. The minimum atomic E-state index is -4.33. The van der Waals surface area contributed by atoms with Gasteiger partial charge in [0.2, 0.25) is 0 Å². The van der Waals surface area contributed by atoms with E-state index >= 15 is 0 Å². The molecule has 0 aromatic carbocycles. The van der Waals surface area contributed by atoms with Gasteiger partial charge >= 0.3 is 112 Å². The van der Waals surface area contributed by atoms with Crippen LogP contribution in [0.3, 0.4) is 0 Å². The summed E-state index contributed by atoms with van der Waals surface area (Å²) in [6, 6.07) is 0. The maximum absolute atomic E-state index is 9.80. The first-order chi connectivity index (χ1) is 8.32. The summed E-state index contributed by atoms with van der Waals surface area (Å²) in [6.45, 7) is 5.62. The van der Waals surface area contributed by atoms with E-state index in [1.54, 1.807) is 13.8 Å². The van der Waals surface area contributed by atoms with Gasteiger partial charge in [-0.2, -0.15) is 0 Å². The quantitative estimate of drug-likeness (QED) is 0.392. The Morgan fingerprint density at radius 3 is 1.67 bits per heavy atom. The van der Waals surface area contributed by atoms with Gasteiger partial charge in [0.15, 0.2) is 0 Å². The predicted octanol–water partition coefficient (Wildman–Crippen LogP) is 4.20. The summed E-state index contributed by atoms with van der Waals surface area (Å²) in [7, 11) is -4.33. The average molecular weight is 280 g/mol. The van der Waals surface area contributed by atoms with Crippen LogP contribution in [0.25, 0.3) is 0 Å². The molecule has 0 saturated heterocycles. The number of rotatable bonds is 11. The first kappa shape index (κ1) is 18.3. The summed E-state index contributed by atoms with van der Waals surface area (Å²) >= 11 is 0. The summed E-state index contributed by atoms with van der Waals surface area (Å²) in [5.74, 6) is 0. The second-order valence-electron chi connectivity index (χ2n) is 5.65. The van der Waals surface area contributed by atoms with E-state index in [1.807, 2.05) is 0 Å². The van der Waals surface area contributed by atoms with Crippen LogP contribution < -0.4 is 0 Å². The van der Waals surface area contributed by atoms with Crippen molar-refractivity contribution in [1.29, 1.82) is 0 Å². The van der Waals surface area contributed by atoms with Crippen LogP contribution >= 0.6 is 7.28 Å². The van der Waals surface area contributed by atoms with Crippen LogP contribution in [0.2, 0.25) is 0 Å². The van der Waals surface area contributed by atoms with E-state index in [0.717, 1.165) is 12.8 Å². The van der Waals surface area contributed by atoms with Crippen LogP contribution in [-0.4, -0.2) is 26.5 Å². The zero-order valence-corrected chi connectivity index (χ0v) is 13.3. The molecule has 0 fully saturated rings. The van der Waals surface area contributed by atoms with Crippen molar-refractivity contribution < 1.29 is 14.7 Å². The molecule has 0 heterocycles. The fourth-order valence-electron chi connectivity index (χ4n) is 2.15. The van der Waals surface area contributed by atoms with Crippen LogP contribution in [-0.2, 0) is 0 Å². The van der Waals surface area contributed by atoms with Gasteiger partial charge in [-0.25, -0.2) is 0 Å². The van der Waals surface area contributed by atoms with E-state index in [9.17, 15) is 14.7 Å². The van der Waals surface area contributed by atoms with Crippen molar-refractivity contribution in [2.45, 2.75) is 84.2 Å². The van der Waals surface area contributed by atoms with Gasteiger partial charge in [0.1, 0.15) is 0 Å². The fourth-order valence-corrected chi connectivity index (χ4v) is 3.48. The van der Waals surface area contributed by atoms with Crippen molar-refractivity contribution in [1.82, 2.24) is 0 Å². The standard InChI is InChI=1S/C14H33O3P/c1-4-6-7-8-9-10-11-12-13-14(3)18(15,16,17)5-2/h14-17H,4-13H2,1-3H3. The summed E-state index contributed by atoms with van der Waals surface area (Å²) < 4.78 is 0. The van der Waals surface area contributed by atoms with Gasteiger partial charge in [0.05, 0.1) is 0 Å². The molecule has 1 atom stereocenters. The monoisotopic (exact) mass is 280 g/mol. The molecule has 0 radical (unpaired) electrons. The topological polar surface area (TPSA) is 60.7 Å². The summed E-state index contributed by atoms with van der Waals surface area (Å²) in [5, 5.41) is 0. The molecule has 0 rings (SSSR count). The number of hydrogen-bond donors (Lipinski definition) is 3. The van der Waals surface area contributed by atoms with Crippen molar-refractivity contribution in [2.75, 3.05) is 6.16 Å². The Morgan fingerprint density at radius 1 is 0.778 bits per heavy atom. The van der Waals surface area contributed by atoms with Crippen LogP contribution in [0.15, 0.2) is 0 Å². The summed E-state index contributed by atoms with van der Waals surface area (Å²) in [4.78, 5) is 29.4. The SMILES string of the molecule is CCCCCCCCCCC(C)P(O)(O)(O)CC. The Balaban J connectivity index is 3.55. The molecule has 0 aliphatic carbocycles. The molecule has 0 aromatic rings. The Hall–Kier alpha value is 0.310. The third kappa shape index (κ3) is 7.68. The number of hydrogen-bond acceptors (Lipinski definition) is 3. The van der Waals surface area contributed by atoms with Gasteiger partial charge in [-0.05, 0) is 0 Å². The third-order valence-corrected chi connectivity index (χ3v) is 7.26. The minimum absolute atomic E-state index is 0.0732. The van der Waals surface area contributed by atoms with E-state index in [-0.39, 0.29) is 11.8 Å². The number of unbranched alkanes of at least 4 members (excludes halogenated alkanes) is 7. The first-order valence-corrected chi connectivity index (χ1v) is 9.92. The van der Waals surface area contributed by atoms with Crippen molar-refractivity contribution >= 4 is 7.28 Å². The zero-order valence-electron chi connectivity index (χ0n) is 12.4. The van der Waals surface area contributed by atoms with Crippen LogP contribution in [0.4, 0.5) is 0 Å². The van der Waals surface area contributed by atoms with E-state index in [0.29, 0.717) is 6.42 Å². The molecule has 0 amide bonds. The Morgan fingerprint density at radius 2 is 1.22 bits per heavy atom. The molecular weight excluding hydrogens is 247 g/mol. The molecule has 0 bridgehead atoms. The Kier molecular flexibility index (Phi) is 8.62. The van der Waals surface area contributed by atoms with E-state index < -0.39 is 7.28 Å². The Labute approximate surface area is 113 Å². The van der Waals surface area contributed by atoms with E-state index in [1.165, 1.54) is 38.5 Å². The van der Waals surface area contributed by atoms with Crippen LogP contribution in [0.1, 0.15) is 78.6 Å². The second-order valence-corrected chi connectivity index (χ2v) is 9.61. The Bertz CT molecular complexity index is 211. The average Bonchev–Trinajstić information content (AvgIpc) is 2.32. The fraction of sp³-hybridized carbons (Fsp3) is 1.00. The van der Waals surface area contributed by atoms with Gasteiger partial charge in [-0.3, -0.25) is 0 Å². The zero-order chi connectivity index (χ0) is 14.1. The first-order valence-electron chi connectivity index (χ1n) is 7.57. The molecule has 4 heteroatoms. The molecular formula is C14H33O3P. The second kappa shape index (κ2) is 8.47. The van der Waals surface area contributed by atoms with Gasteiger partial charge < -0.3 is 0 Å². The van der Waals surface area contributed by atoms with Crippen molar-refractivity contribution in [2.24, 2.45) is 0 Å². The molecule has 18 heavy (non-hydrogen) atoms. The molecule has 1 unspecified atom stereocenters. The maximum atomic E-state index is 9.80. The molecule has 0 spiro atoms. The van der Waals surface area contributed by atoms with Gasteiger partial charge in [-0.1, -0.05) is 0 Å². The predicted molar refractivity (Wildman–Crippen MR) is 80.8 cm³/mol. The van der Waals surface area contributed by atoms with E-state index in [4.69, 9.17) is 0 Å². The van der Waals surface area contributed by atoms with Crippen molar-refractivity contribution in [3.8, 4) is 0 Å². The molecule has 3 N–H and O–H groups in total. The third-order valence-electron chi connectivity index (χ3n) is 3.99. The van der Waals surface area contributed by atoms with Gasteiger partial charge in [-0.15, -0.1) is 0 Å². The van der Waals surface area contributed by atoms with Gasteiger partial charge in [0.25, 0.3) is 0 Å². The van der Waals surface area contributed by atoms with Gasteiger partial charge in [0, 0.05) is 0 Å². The molecule has 112 valence electrons. The van der Waals surface area contributed by atoms with Crippen LogP contribution in [0.5, 0.6) is 0 Å².